The molecule has 5 rings (SSSR count). The molecule has 0 fully saturated rings. The fraction of sp³-hybridized carbons (Fsp3) is 0.303. The molecule has 7 nitrogen and oxygen atoms in total. The fourth-order valence-electron chi connectivity index (χ4n) is 4.94. The van der Waals surface area contributed by atoms with Crippen molar-refractivity contribution >= 4 is 28.5 Å². The molecule has 40 heavy (non-hydrogen) atoms. The van der Waals surface area contributed by atoms with Gasteiger partial charge < -0.3 is 13.9 Å². The maximum atomic E-state index is 13.8. The van der Waals surface area contributed by atoms with Crippen LogP contribution in [0.2, 0.25) is 0 Å². The first-order valence-corrected chi connectivity index (χ1v) is 13.9. The minimum Gasteiger partial charge on any atom is -0.494 e. The van der Waals surface area contributed by atoms with Crippen molar-refractivity contribution in [2.45, 2.75) is 52.0 Å². The molecule has 1 amide bonds. The van der Waals surface area contributed by atoms with Crippen LogP contribution in [0.4, 0.5) is 5.69 Å². The summed E-state index contributed by atoms with van der Waals surface area (Å²) in [7, 11) is 0. The number of benzene rings is 3. The average molecular weight is 540 g/mol. The molecular weight excluding hydrogens is 506 g/mol. The summed E-state index contributed by atoms with van der Waals surface area (Å²) in [5.74, 6) is -0.0738. The summed E-state index contributed by atoms with van der Waals surface area (Å²) in [5, 5.41) is 0.418. The lowest BCUT2D eigenvalue weighted by Gasteiger charge is -2.25. The molecule has 2 heterocycles. The normalized spacial score (nSPS) is 14.4. The van der Waals surface area contributed by atoms with Crippen molar-refractivity contribution in [3.8, 4) is 5.75 Å². The van der Waals surface area contributed by atoms with Crippen LogP contribution in [-0.4, -0.2) is 25.1 Å². The summed E-state index contributed by atoms with van der Waals surface area (Å²) < 4.78 is 17.2. The average Bonchev–Trinajstić information content (AvgIpc) is 3.28. The van der Waals surface area contributed by atoms with E-state index in [0.29, 0.717) is 41.0 Å². The van der Waals surface area contributed by atoms with Crippen LogP contribution in [0.3, 0.4) is 0 Å². The van der Waals surface area contributed by atoms with E-state index < -0.39 is 17.9 Å². The van der Waals surface area contributed by atoms with E-state index in [-0.39, 0.29) is 11.2 Å². The van der Waals surface area contributed by atoms with Crippen molar-refractivity contribution in [1.82, 2.24) is 0 Å². The molecule has 0 N–H and O–H groups in total. The first-order valence-electron chi connectivity index (χ1n) is 13.9. The van der Waals surface area contributed by atoms with E-state index in [0.717, 1.165) is 43.4 Å². The first kappa shape index (κ1) is 27.2. The summed E-state index contributed by atoms with van der Waals surface area (Å²) in [6.45, 7) is 5.17. The number of fused-ring (bicyclic) bond motifs is 2. The summed E-state index contributed by atoms with van der Waals surface area (Å²) >= 11 is 0. The molecule has 0 radical (unpaired) electrons. The van der Waals surface area contributed by atoms with Gasteiger partial charge in [-0.2, -0.15) is 0 Å². The lowest BCUT2D eigenvalue weighted by molar-refractivity contribution is 0.0499. The van der Waals surface area contributed by atoms with Gasteiger partial charge in [0, 0.05) is 5.69 Å². The van der Waals surface area contributed by atoms with Crippen molar-refractivity contribution < 1.29 is 23.5 Å². The number of para-hydroxylation sites is 1. The Morgan fingerprint density at radius 2 is 1.57 bits per heavy atom. The molecule has 0 spiro atoms. The van der Waals surface area contributed by atoms with Crippen molar-refractivity contribution in [3.63, 3.8) is 0 Å². The van der Waals surface area contributed by atoms with Gasteiger partial charge in [0.25, 0.3) is 5.91 Å². The largest absolute Gasteiger partial charge is 0.494 e. The van der Waals surface area contributed by atoms with Crippen LogP contribution >= 0.6 is 0 Å². The van der Waals surface area contributed by atoms with Crippen LogP contribution in [0.1, 0.15) is 84.0 Å². The first-order chi connectivity index (χ1) is 19.5. The molecule has 0 saturated carbocycles. The van der Waals surface area contributed by atoms with Crippen molar-refractivity contribution in [2.75, 3.05) is 18.1 Å². The Labute approximate surface area is 233 Å². The zero-order valence-corrected chi connectivity index (χ0v) is 22.9. The third kappa shape index (κ3) is 5.37. The Hall–Kier alpha value is -4.39. The summed E-state index contributed by atoms with van der Waals surface area (Å²) in [5.41, 5.74) is 2.09. The zero-order valence-electron chi connectivity index (χ0n) is 22.9. The van der Waals surface area contributed by atoms with Gasteiger partial charge in [0.2, 0.25) is 5.76 Å². The Balaban J connectivity index is 1.52. The van der Waals surface area contributed by atoms with Crippen LogP contribution in [0.15, 0.2) is 82.0 Å². The van der Waals surface area contributed by atoms with E-state index in [1.807, 2.05) is 31.2 Å². The van der Waals surface area contributed by atoms with Gasteiger partial charge in [-0.15, -0.1) is 0 Å². The maximum Gasteiger partial charge on any atom is 0.338 e. The minimum absolute atomic E-state index is 0.0247. The minimum atomic E-state index is -0.708. The van der Waals surface area contributed by atoms with Gasteiger partial charge in [0.15, 0.2) is 5.43 Å². The number of esters is 1. The van der Waals surface area contributed by atoms with E-state index in [4.69, 9.17) is 13.9 Å². The third-order valence-electron chi connectivity index (χ3n) is 7.10. The second kappa shape index (κ2) is 12.2. The molecule has 1 unspecified atom stereocenters. The van der Waals surface area contributed by atoms with Crippen molar-refractivity contribution in [3.05, 3.63) is 105 Å². The number of anilines is 1. The molecule has 1 aromatic heterocycles. The van der Waals surface area contributed by atoms with E-state index in [1.54, 1.807) is 53.4 Å². The summed E-state index contributed by atoms with van der Waals surface area (Å²) in [4.78, 5) is 41.5. The summed E-state index contributed by atoms with van der Waals surface area (Å²) in [6.07, 6.45) is 4.92. The highest BCUT2D eigenvalue weighted by Gasteiger charge is 2.43. The fourth-order valence-corrected chi connectivity index (χ4v) is 4.94. The molecule has 206 valence electrons. The Bertz CT molecular complexity index is 1560. The third-order valence-corrected chi connectivity index (χ3v) is 7.10. The highest BCUT2D eigenvalue weighted by atomic mass is 16.5. The number of hydrogen-bond acceptors (Lipinski definition) is 6. The SMILES string of the molecule is CCCCCOc1ccc(C2c3c(oc4ccccc4c3=O)C(=O)N2c2ccc(C(=O)OCCCC)cc2)cc1. The van der Waals surface area contributed by atoms with Crippen molar-refractivity contribution in [2.24, 2.45) is 0 Å². The highest BCUT2D eigenvalue weighted by molar-refractivity contribution is 6.10. The quantitative estimate of drug-likeness (QED) is 0.150. The number of carbonyl (C=O) groups is 2. The lowest BCUT2D eigenvalue weighted by atomic mass is 9.98. The maximum absolute atomic E-state index is 13.8. The molecule has 3 aromatic carbocycles. The molecule has 0 saturated heterocycles. The molecule has 4 aromatic rings. The Morgan fingerprint density at radius 3 is 2.30 bits per heavy atom. The van der Waals surface area contributed by atoms with E-state index in [1.165, 1.54) is 0 Å². The summed E-state index contributed by atoms with van der Waals surface area (Å²) in [6, 6.07) is 20.4. The van der Waals surface area contributed by atoms with E-state index in [9.17, 15) is 14.4 Å². The Morgan fingerprint density at radius 1 is 0.850 bits per heavy atom. The van der Waals surface area contributed by atoms with Gasteiger partial charge in [0.1, 0.15) is 11.3 Å². The number of carbonyl (C=O) groups excluding carboxylic acids is 2. The number of ether oxygens (including phenoxy) is 2. The molecule has 7 heteroatoms. The van der Waals surface area contributed by atoms with E-state index >= 15 is 0 Å². The van der Waals surface area contributed by atoms with Crippen LogP contribution in [-0.2, 0) is 4.74 Å². The van der Waals surface area contributed by atoms with Gasteiger partial charge in [-0.05, 0) is 66.9 Å². The van der Waals surface area contributed by atoms with Gasteiger partial charge in [0.05, 0.1) is 35.8 Å². The van der Waals surface area contributed by atoms with Crippen LogP contribution in [0, 0.1) is 0 Å². The molecular formula is C33H33NO6. The molecule has 0 bridgehead atoms. The number of amides is 1. The number of hydrogen-bond donors (Lipinski definition) is 0. The predicted molar refractivity (Wildman–Crippen MR) is 154 cm³/mol. The second-order valence-electron chi connectivity index (χ2n) is 9.91. The van der Waals surface area contributed by atoms with E-state index in [2.05, 4.69) is 6.92 Å². The molecule has 1 aliphatic heterocycles. The lowest BCUT2D eigenvalue weighted by Crippen LogP contribution is -2.29. The van der Waals surface area contributed by atoms with Crippen LogP contribution < -0.4 is 15.1 Å². The van der Waals surface area contributed by atoms with Gasteiger partial charge in [-0.1, -0.05) is 57.4 Å². The topological polar surface area (TPSA) is 86.0 Å². The smallest absolute Gasteiger partial charge is 0.338 e. The van der Waals surface area contributed by atoms with Gasteiger partial charge in [-0.25, -0.2) is 4.79 Å². The highest BCUT2D eigenvalue weighted by Crippen LogP contribution is 2.41. The van der Waals surface area contributed by atoms with Crippen LogP contribution in [0.25, 0.3) is 11.0 Å². The molecule has 1 atom stereocenters. The predicted octanol–water partition coefficient (Wildman–Crippen LogP) is 7.07. The van der Waals surface area contributed by atoms with Gasteiger partial charge >= 0.3 is 5.97 Å². The monoisotopic (exact) mass is 539 g/mol. The van der Waals surface area contributed by atoms with Gasteiger partial charge in [-0.3, -0.25) is 14.5 Å². The standard InChI is InChI=1S/C33H33NO6/c1-3-5-9-21-38-25-18-14-22(15-19-25)29-28-30(35)26-10-7-8-11-27(26)40-31(28)32(36)34(29)24-16-12-23(13-17-24)33(37)39-20-6-4-2/h7-8,10-19,29H,3-6,9,20-21H2,1-2H3. The molecule has 0 aliphatic carbocycles. The van der Waals surface area contributed by atoms with Crippen molar-refractivity contribution in [1.29, 1.82) is 0 Å². The number of rotatable bonds is 11. The Kier molecular flexibility index (Phi) is 8.29. The number of unbranched alkanes of at least 4 members (excludes halogenated alkanes) is 3. The second-order valence-corrected chi connectivity index (χ2v) is 9.91. The molecule has 1 aliphatic rings. The van der Waals surface area contributed by atoms with Crippen LogP contribution in [0.5, 0.6) is 5.75 Å². The zero-order chi connectivity index (χ0) is 28.1. The number of nitrogens with zero attached hydrogens (tertiary/aromatic N) is 1.